The summed E-state index contributed by atoms with van der Waals surface area (Å²) in [4.78, 5) is 33.0. The maximum Gasteiger partial charge on any atom is 0.416 e. The summed E-state index contributed by atoms with van der Waals surface area (Å²) in [5, 5.41) is 9.95. The molecule has 0 radical (unpaired) electrons. The molecule has 1 atom stereocenters. The van der Waals surface area contributed by atoms with Gasteiger partial charge in [0.2, 0.25) is 11.8 Å². The van der Waals surface area contributed by atoms with E-state index in [-0.39, 0.29) is 34.2 Å². The molecule has 0 saturated carbocycles. The molecule has 0 aliphatic carbocycles. The Morgan fingerprint density at radius 1 is 1.14 bits per heavy atom. The number of nitrogens with zero attached hydrogens (tertiary/aromatic N) is 3. The molecule has 4 aromatic rings. The number of carboxylic acid groups (broad SMARTS) is 1. The van der Waals surface area contributed by atoms with Crippen molar-refractivity contribution in [3.05, 3.63) is 93.6 Å². The van der Waals surface area contributed by atoms with Crippen LogP contribution in [0.4, 0.5) is 26.7 Å². The molecule has 0 fully saturated rings. The van der Waals surface area contributed by atoms with Gasteiger partial charge in [-0.05, 0) is 51.8 Å². The molecule has 226 valence electrons. The number of amides is 2. The summed E-state index contributed by atoms with van der Waals surface area (Å²) < 4.78 is 84.6. The maximum absolute atomic E-state index is 15.1. The van der Waals surface area contributed by atoms with Gasteiger partial charge in [-0.15, -0.1) is 0 Å². The Kier molecular flexibility index (Phi) is 9.18. The van der Waals surface area contributed by atoms with E-state index in [4.69, 9.17) is 19.6 Å². The Balaban J connectivity index is 1.74. The first-order valence-electron chi connectivity index (χ1n) is 12.0. The number of rotatable bonds is 10. The van der Waals surface area contributed by atoms with Gasteiger partial charge in [0.1, 0.15) is 17.1 Å². The highest BCUT2D eigenvalue weighted by molar-refractivity contribution is 9.10. The molecule has 16 heteroatoms. The summed E-state index contributed by atoms with van der Waals surface area (Å²) in [5.74, 6) is -4.92. The fraction of sp³-hybridized carbons (Fsp3) is 0.185. The molecule has 1 unspecified atom stereocenters. The number of alkyl halides is 3. The van der Waals surface area contributed by atoms with E-state index in [0.717, 1.165) is 41.3 Å². The number of ether oxygens (including phenoxy) is 2. The second-order valence-corrected chi connectivity index (χ2v) is 9.54. The first kappa shape index (κ1) is 31.2. The first-order chi connectivity index (χ1) is 20.3. The van der Waals surface area contributed by atoms with E-state index >= 15 is 4.39 Å². The van der Waals surface area contributed by atoms with Crippen LogP contribution in [-0.2, 0) is 12.7 Å². The van der Waals surface area contributed by atoms with E-state index in [1.54, 1.807) is 0 Å². The van der Waals surface area contributed by atoms with Gasteiger partial charge in [-0.2, -0.15) is 13.2 Å². The van der Waals surface area contributed by atoms with Crippen LogP contribution < -0.4 is 15.2 Å². The molecule has 0 saturated heterocycles. The van der Waals surface area contributed by atoms with Crippen molar-refractivity contribution in [3.8, 4) is 22.9 Å². The van der Waals surface area contributed by atoms with E-state index in [1.165, 1.54) is 25.4 Å². The number of halogens is 6. The highest BCUT2D eigenvalue weighted by Gasteiger charge is 2.32. The van der Waals surface area contributed by atoms with Crippen LogP contribution in [0, 0.1) is 11.6 Å². The SMILES string of the molecule is COc1cc(CN(CC(Oc2ccc(F)c(C(N)=O)c2F)c2nc(-c3ccc(C(F)(F)F)cc3)c(Br)o2)C(=O)O)ccn1. The van der Waals surface area contributed by atoms with Crippen LogP contribution in [0.25, 0.3) is 11.3 Å². The predicted octanol–water partition coefficient (Wildman–Crippen LogP) is 6.20. The quantitative estimate of drug-likeness (QED) is 0.190. The fourth-order valence-electron chi connectivity index (χ4n) is 3.91. The summed E-state index contributed by atoms with van der Waals surface area (Å²) in [5.41, 5.74) is 3.78. The summed E-state index contributed by atoms with van der Waals surface area (Å²) in [6, 6.07) is 8.54. The number of hydrogen-bond acceptors (Lipinski definition) is 7. The number of carbonyl (C=O) groups excluding carboxylic acids is 1. The van der Waals surface area contributed by atoms with E-state index in [2.05, 4.69) is 25.9 Å². The molecule has 2 heterocycles. The van der Waals surface area contributed by atoms with Gasteiger partial charge in [-0.1, -0.05) is 12.1 Å². The Morgan fingerprint density at radius 3 is 2.44 bits per heavy atom. The van der Waals surface area contributed by atoms with Crippen LogP contribution in [-0.4, -0.2) is 45.6 Å². The van der Waals surface area contributed by atoms with Crippen molar-refractivity contribution >= 4 is 27.9 Å². The average molecular weight is 671 g/mol. The molecule has 10 nitrogen and oxygen atoms in total. The van der Waals surface area contributed by atoms with Crippen molar-refractivity contribution in [1.82, 2.24) is 14.9 Å². The van der Waals surface area contributed by atoms with Crippen LogP contribution in [0.1, 0.15) is 33.5 Å². The zero-order valence-electron chi connectivity index (χ0n) is 21.9. The third kappa shape index (κ3) is 7.20. The van der Waals surface area contributed by atoms with Gasteiger partial charge >= 0.3 is 12.3 Å². The number of nitrogens with two attached hydrogens (primary N) is 1. The smallest absolute Gasteiger partial charge is 0.416 e. The summed E-state index contributed by atoms with van der Waals surface area (Å²) >= 11 is 3.14. The highest BCUT2D eigenvalue weighted by Crippen LogP contribution is 2.36. The maximum atomic E-state index is 15.1. The predicted molar refractivity (Wildman–Crippen MR) is 142 cm³/mol. The van der Waals surface area contributed by atoms with Crippen LogP contribution in [0.15, 0.2) is 63.8 Å². The van der Waals surface area contributed by atoms with Crippen LogP contribution in [0.3, 0.4) is 0 Å². The summed E-state index contributed by atoms with van der Waals surface area (Å²) in [7, 11) is 1.37. The van der Waals surface area contributed by atoms with Crippen molar-refractivity contribution in [2.45, 2.75) is 18.8 Å². The Hall–Kier alpha value is -4.73. The second-order valence-electron chi connectivity index (χ2n) is 8.82. The minimum Gasteiger partial charge on any atom is -0.481 e. The number of aromatic nitrogens is 2. The third-order valence-corrected chi connectivity index (χ3v) is 6.51. The van der Waals surface area contributed by atoms with E-state index < -0.39 is 59.3 Å². The van der Waals surface area contributed by atoms with Gasteiger partial charge in [-0.3, -0.25) is 9.69 Å². The van der Waals surface area contributed by atoms with Crippen LogP contribution in [0.5, 0.6) is 11.6 Å². The third-order valence-electron chi connectivity index (χ3n) is 5.97. The van der Waals surface area contributed by atoms with Gasteiger partial charge in [0.25, 0.3) is 5.91 Å². The molecule has 0 bridgehead atoms. The number of hydrogen-bond donors (Lipinski definition) is 2. The monoisotopic (exact) mass is 670 g/mol. The van der Waals surface area contributed by atoms with E-state index in [9.17, 15) is 32.3 Å². The normalized spacial score (nSPS) is 12.1. The van der Waals surface area contributed by atoms with Crippen LogP contribution >= 0.6 is 15.9 Å². The number of pyridine rings is 1. The molecule has 0 spiro atoms. The zero-order chi connectivity index (χ0) is 31.5. The van der Waals surface area contributed by atoms with Crippen molar-refractivity contribution in [3.63, 3.8) is 0 Å². The van der Waals surface area contributed by atoms with Gasteiger partial charge in [-0.25, -0.2) is 23.5 Å². The molecular weight excluding hydrogens is 651 g/mol. The van der Waals surface area contributed by atoms with Gasteiger partial charge in [0.05, 0.1) is 19.2 Å². The Bertz CT molecular complexity index is 1650. The second kappa shape index (κ2) is 12.6. The lowest BCUT2D eigenvalue weighted by Crippen LogP contribution is -2.35. The Morgan fingerprint density at radius 2 is 1.84 bits per heavy atom. The standard InChI is InChI=1S/C27H20BrF5N4O6/c1-41-19-10-13(8-9-35-19)11-37(26(39)40)12-18(42-17-7-6-16(29)20(21(17)30)24(34)38)25-36-22(23(28)43-25)14-2-4-15(5-3-14)27(31,32)33/h2-10,18H,11-12H2,1H3,(H2,34,38)(H,39,40). The number of methoxy groups -OCH3 is 1. The van der Waals surface area contributed by atoms with Crippen molar-refractivity contribution in [2.75, 3.05) is 13.7 Å². The van der Waals surface area contributed by atoms with Crippen molar-refractivity contribution in [1.29, 1.82) is 0 Å². The average Bonchev–Trinajstić information content (AvgIpc) is 3.34. The Labute approximate surface area is 248 Å². The molecule has 4 rings (SSSR count). The number of oxazole rings is 1. The lowest BCUT2D eigenvalue weighted by atomic mass is 10.1. The molecule has 2 amide bonds. The van der Waals surface area contributed by atoms with Gasteiger partial charge in [0.15, 0.2) is 22.3 Å². The molecule has 0 aliphatic rings. The minimum absolute atomic E-state index is 0.0236. The molecule has 43 heavy (non-hydrogen) atoms. The lowest BCUT2D eigenvalue weighted by molar-refractivity contribution is -0.137. The van der Waals surface area contributed by atoms with Gasteiger partial charge < -0.3 is 24.7 Å². The van der Waals surface area contributed by atoms with Crippen molar-refractivity contribution < 1.29 is 50.5 Å². The highest BCUT2D eigenvalue weighted by atomic mass is 79.9. The minimum atomic E-state index is -4.58. The number of primary amides is 1. The van der Waals surface area contributed by atoms with Crippen LogP contribution in [0.2, 0.25) is 0 Å². The molecule has 2 aromatic carbocycles. The molecular formula is C27H20BrF5N4O6. The lowest BCUT2D eigenvalue weighted by Gasteiger charge is -2.25. The number of carbonyl (C=O) groups is 2. The fourth-order valence-corrected chi connectivity index (χ4v) is 4.39. The van der Waals surface area contributed by atoms with Crippen molar-refractivity contribution in [2.24, 2.45) is 5.73 Å². The molecule has 0 aliphatic heterocycles. The molecule has 2 aromatic heterocycles. The van der Waals surface area contributed by atoms with E-state index in [0.29, 0.717) is 5.56 Å². The first-order valence-corrected chi connectivity index (χ1v) is 12.8. The summed E-state index contributed by atoms with van der Waals surface area (Å²) in [6.45, 7) is -0.789. The van der Waals surface area contributed by atoms with E-state index in [1.807, 2.05) is 0 Å². The summed E-state index contributed by atoms with van der Waals surface area (Å²) in [6.07, 6.45) is -6.15. The number of benzene rings is 2. The zero-order valence-corrected chi connectivity index (χ0v) is 23.4. The molecule has 3 N–H and O–H groups in total. The van der Waals surface area contributed by atoms with Gasteiger partial charge in [0, 0.05) is 24.4 Å². The largest absolute Gasteiger partial charge is 0.481 e. The topological polar surface area (TPSA) is 141 Å².